The number of benzene rings is 2. The van der Waals surface area contributed by atoms with Crippen molar-refractivity contribution in [2.75, 3.05) is 40.0 Å². The second kappa shape index (κ2) is 14.7. The number of aliphatic hydroxyl groups is 7. The fourth-order valence-electron chi connectivity index (χ4n) is 6.47. The first kappa shape index (κ1) is 35.1. The van der Waals surface area contributed by atoms with Gasteiger partial charge in [0.05, 0.1) is 38.3 Å². The SMILES string of the molecule is O=C(c1ccc2c(c1)OCO2)[C@H]1CO[C@H](Oc2ccc3c(c2)OCO3)[C@H]1CO[C@@H]1O[C@H](CO)[C@@H](O[C@@H]2O[C@H](CO)[C@@H](O)[C@H](O)[C@H]2O)[C@H](O)[C@H]1O. The van der Waals surface area contributed by atoms with Gasteiger partial charge in [0.25, 0.3) is 0 Å². The Morgan fingerprint density at radius 3 is 2.06 bits per heavy atom. The van der Waals surface area contributed by atoms with E-state index in [9.17, 15) is 40.5 Å². The molecule has 50 heavy (non-hydrogen) atoms. The lowest BCUT2D eigenvalue weighted by Gasteiger charge is -2.46. The summed E-state index contributed by atoms with van der Waals surface area (Å²) >= 11 is 0. The van der Waals surface area contributed by atoms with Crippen molar-refractivity contribution in [3.05, 3.63) is 42.0 Å². The van der Waals surface area contributed by atoms with E-state index in [1.807, 2.05) is 0 Å². The van der Waals surface area contributed by atoms with Gasteiger partial charge in [-0.15, -0.1) is 0 Å². The third-order valence-electron chi connectivity index (χ3n) is 9.31. The van der Waals surface area contributed by atoms with Gasteiger partial charge in [-0.25, -0.2) is 0 Å². The fourth-order valence-corrected chi connectivity index (χ4v) is 6.47. The summed E-state index contributed by atoms with van der Waals surface area (Å²) in [4.78, 5) is 13.8. The molecular formula is C32H38O18. The Kier molecular flexibility index (Phi) is 10.3. The van der Waals surface area contributed by atoms with Crippen molar-refractivity contribution in [2.24, 2.45) is 11.8 Å². The van der Waals surface area contributed by atoms with E-state index in [0.29, 0.717) is 34.3 Å². The highest BCUT2D eigenvalue weighted by Crippen LogP contribution is 2.40. The number of fused-ring (bicyclic) bond motifs is 2. The Hall–Kier alpha value is -3.37. The second-order valence-corrected chi connectivity index (χ2v) is 12.4. The topological polar surface area (TPSA) is 251 Å². The largest absolute Gasteiger partial charge is 0.464 e. The van der Waals surface area contributed by atoms with Crippen molar-refractivity contribution >= 4 is 5.78 Å². The minimum atomic E-state index is -1.81. The van der Waals surface area contributed by atoms with Gasteiger partial charge >= 0.3 is 0 Å². The standard InChI is InChI=1S/C32H38O18/c33-7-21-24(36)25(37)27(39)32(48-21)50-29-22(8-34)49-31(28(40)26(29)38)42-10-16-15(23(35)13-1-3-17-19(5-13)45-11-43-17)9-41-30(16)47-14-2-4-18-20(6-14)46-12-44-18/h1-6,15-16,21-22,24-34,36-40H,7-12H2/t15-,16-,21+,22+,24+,25-,26+,27+,28+,29+,30+,31+,32-/m0/s1. The van der Waals surface area contributed by atoms with Crippen LogP contribution in [0.4, 0.5) is 0 Å². The molecule has 0 aromatic heterocycles. The number of carbonyl (C=O) groups is 1. The molecule has 13 atom stereocenters. The number of rotatable bonds is 11. The smallest absolute Gasteiger partial charge is 0.231 e. The van der Waals surface area contributed by atoms with Crippen LogP contribution in [0.25, 0.3) is 0 Å². The van der Waals surface area contributed by atoms with Crippen LogP contribution >= 0.6 is 0 Å². The summed E-state index contributed by atoms with van der Waals surface area (Å²) in [5.74, 6) is 0.372. The van der Waals surface area contributed by atoms with Crippen LogP contribution in [-0.2, 0) is 23.7 Å². The molecule has 0 amide bonds. The van der Waals surface area contributed by atoms with Gasteiger partial charge in [-0.2, -0.15) is 0 Å². The van der Waals surface area contributed by atoms with Gasteiger partial charge in [-0.05, 0) is 30.3 Å². The van der Waals surface area contributed by atoms with E-state index in [4.69, 9.17) is 47.4 Å². The number of hydrogen-bond donors (Lipinski definition) is 7. The summed E-state index contributed by atoms with van der Waals surface area (Å²) in [6, 6.07) is 9.73. The molecule has 2 aromatic rings. The van der Waals surface area contributed by atoms with Crippen molar-refractivity contribution in [3.8, 4) is 28.7 Å². The van der Waals surface area contributed by atoms with E-state index in [1.165, 1.54) is 0 Å². The first-order valence-electron chi connectivity index (χ1n) is 16.0. The molecular weight excluding hydrogens is 672 g/mol. The Morgan fingerprint density at radius 1 is 0.700 bits per heavy atom. The zero-order valence-electron chi connectivity index (χ0n) is 26.3. The Bertz CT molecular complexity index is 1500. The molecule has 0 spiro atoms. The van der Waals surface area contributed by atoms with Crippen LogP contribution in [0.2, 0.25) is 0 Å². The summed E-state index contributed by atoms with van der Waals surface area (Å²) in [5, 5.41) is 72.3. The Labute approximate surface area is 284 Å². The van der Waals surface area contributed by atoms with Crippen LogP contribution in [-0.4, -0.2) is 149 Å². The van der Waals surface area contributed by atoms with Crippen molar-refractivity contribution in [1.82, 2.24) is 0 Å². The highest BCUT2D eigenvalue weighted by Gasteiger charge is 2.52. The van der Waals surface area contributed by atoms with Crippen LogP contribution in [0.3, 0.4) is 0 Å². The maximum atomic E-state index is 13.8. The molecule has 7 N–H and O–H groups in total. The summed E-state index contributed by atoms with van der Waals surface area (Å²) in [6.45, 7) is -1.74. The van der Waals surface area contributed by atoms with Gasteiger partial charge in [0, 0.05) is 11.6 Å². The molecule has 3 fully saturated rings. The molecule has 0 radical (unpaired) electrons. The zero-order chi connectivity index (χ0) is 35.1. The van der Waals surface area contributed by atoms with Crippen LogP contribution in [0, 0.1) is 11.8 Å². The maximum absolute atomic E-state index is 13.8. The summed E-state index contributed by atoms with van der Waals surface area (Å²) < 4.78 is 56.4. The van der Waals surface area contributed by atoms with E-state index in [0.717, 1.165) is 0 Å². The predicted octanol–water partition coefficient (Wildman–Crippen LogP) is -2.36. The molecule has 0 bridgehead atoms. The maximum Gasteiger partial charge on any atom is 0.231 e. The molecule has 5 aliphatic heterocycles. The molecule has 0 saturated carbocycles. The molecule has 0 unspecified atom stereocenters. The van der Waals surface area contributed by atoms with E-state index in [-0.39, 0.29) is 32.6 Å². The third-order valence-corrected chi connectivity index (χ3v) is 9.31. The van der Waals surface area contributed by atoms with E-state index >= 15 is 0 Å². The van der Waals surface area contributed by atoms with Crippen LogP contribution in [0.5, 0.6) is 28.7 Å². The fraction of sp³-hybridized carbons (Fsp3) is 0.594. The highest BCUT2D eigenvalue weighted by atomic mass is 16.7. The van der Waals surface area contributed by atoms with Crippen molar-refractivity contribution < 1.29 is 87.9 Å². The van der Waals surface area contributed by atoms with E-state index in [2.05, 4.69) is 0 Å². The second-order valence-electron chi connectivity index (χ2n) is 12.4. The van der Waals surface area contributed by atoms with Crippen LogP contribution in [0.1, 0.15) is 10.4 Å². The molecule has 18 nitrogen and oxygen atoms in total. The Balaban J connectivity index is 1.06. The normalized spacial score (nSPS) is 37.5. The summed E-state index contributed by atoms with van der Waals surface area (Å²) in [6.07, 6.45) is -17.2. The van der Waals surface area contributed by atoms with E-state index < -0.39 is 92.8 Å². The minimum Gasteiger partial charge on any atom is -0.464 e. The number of ether oxygens (including phenoxy) is 10. The first-order chi connectivity index (χ1) is 24.2. The number of ketones is 1. The molecule has 7 rings (SSSR count). The molecule has 0 aliphatic carbocycles. The van der Waals surface area contributed by atoms with Gasteiger partial charge in [-0.3, -0.25) is 4.79 Å². The van der Waals surface area contributed by atoms with Crippen LogP contribution < -0.4 is 23.7 Å². The first-order valence-corrected chi connectivity index (χ1v) is 16.0. The predicted molar refractivity (Wildman–Crippen MR) is 159 cm³/mol. The quantitative estimate of drug-likeness (QED) is 0.120. The van der Waals surface area contributed by atoms with Crippen molar-refractivity contribution in [1.29, 1.82) is 0 Å². The van der Waals surface area contributed by atoms with E-state index in [1.54, 1.807) is 36.4 Å². The van der Waals surface area contributed by atoms with Crippen molar-refractivity contribution in [2.45, 2.75) is 67.7 Å². The molecule has 3 saturated heterocycles. The van der Waals surface area contributed by atoms with Crippen molar-refractivity contribution in [3.63, 3.8) is 0 Å². The Morgan fingerprint density at radius 2 is 1.34 bits per heavy atom. The third kappa shape index (κ3) is 6.70. The zero-order valence-corrected chi connectivity index (χ0v) is 26.3. The van der Waals surface area contributed by atoms with Crippen LogP contribution in [0.15, 0.2) is 36.4 Å². The average Bonchev–Trinajstić information content (AvgIpc) is 3.89. The average molecular weight is 711 g/mol. The van der Waals surface area contributed by atoms with Gasteiger partial charge in [0.15, 0.2) is 41.4 Å². The lowest BCUT2D eigenvalue weighted by atomic mass is 9.88. The van der Waals surface area contributed by atoms with Gasteiger partial charge in [0.1, 0.15) is 54.6 Å². The molecule has 18 heteroatoms. The highest BCUT2D eigenvalue weighted by molar-refractivity contribution is 5.99. The number of carbonyl (C=O) groups excluding carboxylic acids is 1. The number of hydrogen-bond acceptors (Lipinski definition) is 18. The summed E-state index contributed by atoms with van der Waals surface area (Å²) in [5.41, 5.74) is 0.328. The van der Waals surface area contributed by atoms with Gasteiger partial charge in [-0.1, -0.05) is 0 Å². The monoisotopic (exact) mass is 710 g/mol. The molecule has 2 aromatic carbocycles. The minimum absolute atomic E-state index is 0.0280. The number of aliphatic hydroxyl groups excluding tert-OH is 7. The number of Topliss-reactive ketones (excluding diaryl/α,β-unsaturated/α-hetero) is 1. The molecule has 5 heterocycles. The lowest BCUT2D eigenvalue weighted by molar-refractivity contribution is -0.360. The summed E-state index contributed by atoms with van der Waals surface area (Å²) in [7, 11) is 0. The molecule has 5 aliphatic rings. The lowest BCUT2D eigenvalue weighted by Crippen LogP contribution is -2.64. The molecule has 274 valence electrons. The van der Waals surface area contributed by atoms with Gasteiger partial charge in [0.2, 0.25) is 19.9 Å². The van der Waals surface area contributed by atoms with Gasteiger partial charge < -0.3 is 83.1 Å².